The largest absolute Gasteiger partial charge is 0.489 e. The molecule has 0 saturated carbocycles. The average molecular weight is 448 g/mol. The van der Waals surface area contributed by atoms with Crippen molar-refractivity contribution in [2.45, 2.75) is 32.8 Å². The Morgan fingerprint density at radius 1 is 1.22 bits per heavy atom. The molecule has 1 amide bonds. The van der Waals surface area contributed by atoms with Crippen LogP contribution < -0.4 is 10.1 Å². The standard InChI is InChI=1S/C25H25N3O3S/c1-16-10-11-21(22(13-16)31-15-19-9-6-12-30-19)26-24(29)23-14-20-17(2)27-28(25(20)32-23)18-7-4-3-5-8-18/h3-5,7-8,10-11,13-14,19H,6,9,12,15H2,1-2H3,(H,26,29). The minimum absolute atomic E-state index is 0.116. The number of nitrogens with one attached hydrogen (secondary N) is 1. The van der Waals surface area contributed by atoms with Crippen LogP contribution in [0.4, 0.5) is 5.69 Å². The third-order valence-corrected chi connectivity index (χ3v) is 6.71. The van der Waals surface area contributed by atoms with Gasteiger partial charge in [0, 0.05) is 12.0 Å². The summed E-state index contributed by atoms with van der Waals surface area (Å²) in [7, 11) is 0. The molecule has 7 heteroatoms. The van der Waals surface area contributed by atoms with Crippen molar-refractivity contribution in [1.29, 1.82) is 0 Å². The maximum absolute atomic E-state index is 13.1. The summed E-state index contributed by atoms with van der Waals surface area (Å²) in [5.74, 6) is 0.512. The minimum Gasteiger partial charge on any atom is -0.489 e. The summed E-state index contributed by atoms with van der Waals surface area (Å²) in [6.07, 6.45) is 2.19. The summed E-state index contributed by atoms with van der Waals surface area (Å²) in [5, 5.41) is 8.68. The molecule has 0 spiro atoms. The molecule has 0 radical (unpaired) electrons. The second kappa shape index (κ2) is 8.76. The van der Waals surface area contributed by atoms with E-state index in [0.29, 0.717) is 22.9 Å². The van der Waals surface area contributed by atoms with E-state index < -0.39 is 0 Å². The van der Waals surface area contributed by atoms with Crippen molar-refractivity contribution in [3.8, 4) is 11.4 Å². The van der Waals surface area contributed by atoms with E-state index in [-0.39, 0.29) is 12.0 Å². The highest BCUT2D eigenvalue weighted by molar-refractivity contribution is 7.20. The molecule has 1 N–H and O–H groups in total. The number of ether oxygens (including phenoxy) is 2. The zero-order valence-electron chi connectivity index (χ0n) is 18.1. The van der Waals surface area contributed by atoms with Crippen LogP contribution in [0.2, 0.25) is 0 Å². The van der Waals surface area contributed by atoms with Crippen molar-refractivity contribution in [1.82, 2.24) is 9.78 Å². The van der Waals surface area contributed by atoms with Crippen molar-refractivity contribution in [3.63, 3.8) is 0 Å². The third kappa shape index (κ3) is 4.13. The van der Waals surface area contributed by atoms with E-state index in [2.05, 4.69) is 10.4 Å². The molecule has 32 heavy (non-hydrogen) atoms. The van der Waals surface area contributed by atoms with Crippen LogP contribution in [0.1, 0.15) is 33.8 Å². The number of aryl methyl sites for hydroxylation is 2. The molecule has 4 aromatic rings. The average Bonchev–Trinajstić information content (AvgIpc) is 3.53. The van der Waals surface area contributed by atoms with Crippen LogP contribution in [0.3, 0.4) is 0 Å². The second-order valence-electron chi connectivity index (χ2n) is 8.06. The smallest absolute Gasteiger partial charge is 0.265 e. The lowest BCUT2D eigenvalue weighted by Gasteiger charge is -2.15. The van der Waals surface area contributed by atoms with Crippen LogP contribution in [-0.4, -0.2) is 35.0 Å². The summed E-state index contributed by atoms with van der Waals surface area (Å²) in [6.45, 7) is 5.25. The van der Waals surface area contributed by atoms with Gasteiger partial charge in [0.1, 0.15) is 17.2 Å². The molecule has 1 saturated heterocycles. The van der Waals surface area contributed by atoms with Crippen LogP contribution >= 0.6 is 11.3 Å². The van der Waals surface area contributed by atoms with Gasteiger partial charge in [-0.2, -0.15) is 5.10 Å². The Labute approximate surface area is 190 Å². The highest BCUT2D eigenvalue weighted by Gasteiger charge is 2.20. The molecule has 1 atom stereocenters. The van der Waals surface area contributed by atoms with E-state index >= 15 is 0 Å². The lowest BCUT2D eigenvalue weighted by Crippen LogP contribution is -2.18. The van der Waals surface area contributed by atoms with Crippen molar-refractivity contribution in [2.24, 2.45) is 0 Å². The molecule has 1 fully saturated rings. The molecule has 1 aliphatic rings. The lowest BCUT2D eigenvalue weighted by molar-refractivity contribution is 0.0681. The zero-order chi connectivity index (χ0) is 22.1. The summed E-state index contributed by atoms with van der Waals surface area (Å²) < 4.78 is 13.6. The van der Waals surface area contributed by atoms with Gasteiger partial charge in [-0.3, -0.25) is 4.79 Å². The summed E-state index contributed by atoms with van der Waals surface area (Å²) >= 11 is 1.44. The van der Waals surface area contributed by atoms with Crippen LogP contribution in [0.15, 0.2) is 54.6 Å². The first-order valence-corrected chi connectivity index (χ1v) is 11.6. The molecule has 1 unspecified atom stereocenters. The highest BCUT2D eigenvalue weighted by Crippen LogP contribution is 2.32. The van der Waals surface area contributed by atoms with E-state index in [1.165, 1.54) is 11.3 Å². The van der Waals surface area contributed by atoms with E-state index in [1.807, 2.05) is 73.1 Å². The lowest BCUT2D eigenvalue weighted by atomic mass is 10.2. The number of nitrogens with zero attached hydrogens (tertiary/aromatic N) is 2. The van der Waals surface area contributed by atoms with Crippen molar-refractivity contribution in [3.05, 3.63) is 70.7 Å². The van der Waals surface area contributed by atoms with Crippen molar-refractivity contribution >= 4 is 33.1 Å². The first kappa shape index (κ1) is 20.7. The minimum atomic E-state index is -0.156. The van der Waals surface area contributed by atoms with Crippen LogP contribution in [0.5, 0.6) is 5.75 Å². The van der Waals surface area contributed by atoms with E-state index in [4.69, 9.17) is 9.47 Å². The fourth-order valence-electron chi connectivity index (χ4n) is 3.90. The first-order valence-electron chi connectivity index (χ1n) is 10.8. The van der Waals surface area contributed by atoms with E-state index in [9.17, 15) is 4.79 Å². The monoisotopic (exact) mass is 447 g/mol. The SMILES string of the molecule is Cc1ccc(NC(=O)c2cc3c(C)nn(-c4ccccc4)c3s2)c(OCC2CCCO2)c1. The third-order valence-electron chi connectivity index (χ3n) is 5.60. The maximum Gasteiger partial charge on any atom is 0.265 e. The number of aromatic nitrogens is 2. The number of hydrogen-bond donors (Lipinski definition) is 1. The summed E-state index contributed by atoms with van der Waals surface area (Å²) in [5.41, 5.74) is 3.61. The summed E-state index contributed by atoms with van der Waals surface area (Å²) in [6, 6.07) is 17.7. The maximum atomic E-state index is 13.1. The molecule has 0 aliphatic carbocycles. The second-order valence-corrected chi connectivity index (χ2v) is 9.09. The molecule has 6 nitrogen and oxygen atoms in total. The van der Waals surface area contributed by atoms with Gasteiger partial charge in [-0.05, 0) is 62.6 Å². The first-order chi connectivity index (χ1) is 15.6. The zero-order valence-corrected chi connectivity index (χ0v) is 18.9. The van der Waals surface area contributed by atoms with Gasteiger partial charge < -0.3 is 14.8 Å². The molecule has 2 aromatic heterocycles. The molecule has 0 bridgehead atoms. The molecule has 164 valence electrons. The molecule has 2 aromatic carbocycles. The van der Waals surface area contributed by atoms with Crippen molar-refractivity contribution < 1.29 is 14.3 Å². The fraction of sp³-hybridized carbons (Fsp3) is 0.280. The number of rotatable bonds is 6. The van der Waals surface area contributed by atoms with E-state index in [0.717, 1.165) is 46.6 Å². The molecular formula is C25H25N3O3S. The fourth-order valence-corrected chi connectivity index (χ4v) is 4.98. The van der Waals surface area contributed by atoms with Crippen molar-refractivity contribution in [2.75, 3.05) is 18.5 Å². The predicted molar refractivity (Wildman–Crippen MR) is 127 cm³/mol. The van der Waals surface area contributed by atoms with Gasteiger partial charge in [-0.25, -0.2) is 4.68 Å². The number of para-hydroxylation sites is 1. The van der Waals surface area contributed by atoms with Gasteiger partial charge >= 0.3 is 0 Å². The Morgan fingerprint density at radius 2 is 2.06 bits per heavy atom. The molecular weight excluding hydrogens is 422 g/mol. The van der Waals surface area contributed by atoms with Gasteiger partial charge in [0.05, 0.1) is 28.0 Å². The number of carbonyl (C=O) groups excluding carboxylic acids is 1. The summed E-state index contributed by atoms with van der Waals surface area (Å²) in [4.78, 5) is 14.7. The Kier molecular flexibility index (Phi) is 5.68. The Morgan fingerprint density at radius 3 is 2.84 bits per heavy atom. The molecule has 5 rings (SSSR count). The quantitative estimate of drug-likeness (QED) is 0.423. The number of fused-ring (bicyclic) bond motifs is 1. The Bertz CT molecular complexity index is 1260. The Hall–Kier alpha value is -3.16. The number of thiophene rings is 1. The number of benzene rings is 2. The van der Waals surface area contributed by atoms with Gasteiger partial charge in [-0.1, -0.05) is 24.3 Å². The highest BCUT2D eigenvalue weighted by atomic mass is 32.1. The topological polar surface area (TPSA) is 65.4 Å². The van der Waals surface area contributed by atoms with Crippen LogP contribution in [-0.2, 0) is 4.74 Å². The number of hydrogen-bond acceptors (Lipinski definition) is 5. The van der Waals surface area contributed by atoms with Crippen LogP contribution in [0.25, 0.3) is 15.9 Å². The van der Waals surface area contributed by atoms with Gasteiger partial charge in [0.2, 0.25) is 0 Å². The number of carbonyl (C=O) groups is 1. The van der Waals surface area contributed by atoms with Gasteiger partial charge in [0.15, 0.2) is 0 Å². The van der Waals surface area contributed by atoms with Gasteiger partial charge in [-0.15, -0.1) is 11.3 Å². The van der Waals surface area contributed by atoms with Gasteiger partial charge in [0.25, 0.3) is 5.91 Å². The predicted octanol–water partition coefficient (Wildman–Crippen LogP) is 5.51. The normalized spacial score (nSPS) is 15.9. The van der Waals surface area contributed by atoms with E-state index in [1.54, 1.807) is 0 Å². The molecule has 1 aliphatic heterocycles. The number of anilines is 1. The number of amides is 1. The molecule has 3 heterocycles. The van der Waals surface area contributed by atoms with Crippen LogP contribution in [0, 0.1) is 13.8 Å². The Balaban J connectivity index is 1.39.